The van der Waals surface area contributed by atoms with Gasteiger partial charge in [-0.15, -0.1) is 10.2 Å². The lowest BCUT2D eigenvalue weighted by molar-refractivity contribution is 0.157. The van der Waals surface area contributed by atoms with Gasteiger partial charge in [0.15, 0.2) is 0 Å². The molecule has 130 valence electrons. The molecule has 0 radical (unpaired) electrons. The van der Waals surface area contributed by atoms with Crippen molar-refractivity contribution in [1.29, 1.82) is 0 Å². The summed E-state index contributed by atoms with van der Waals surface area (Å²) in [6.07, 6.45) is 0.811. The van der Waals surface area contributed by atoms with Crippen molar-refractivity contribution in [3.05, 3.63) is 35.5 Å². The van der Waals surface area contributed by atoms with E-state index in [2.05, 4.69) is 41.9 Å². The van der Waals surface area contributed by atoms with Gasteiger partial charge in [0.05, 0.1) is 13.2 Å². The van der Waals surface area contributed by atoms with E-state index >= 15 is 0 Å². The van der Waals surface area contributed by atoms with Crippen molar-refractivity contribution in [2.45, 2.75) is 39.8 Å². The lowest BCUT2D eigenvalue weighted by Crippen LogP contribution is -2.29. The molecule has 6 heteroatoms. The molecule has 0 saturated carbocycles. The maximum Gasteiger partial charge on any atom is 0.233 e. The minimum absolute atomic E-state index is 0.0510. The van der Waals surface area contributed by atoms with Crippen molar-refractivity contribution in [3.63, 3.8) is 0 Å². The fourth-order valence-corrected chi connectivity index (χ4v) is 2.85. The van der Waals surface area contributed by atoms with E-state index in [1.165, 1.54) is 0 Å². The zero-order chi connectivity index (χ0) is 17.1. The Balaban J connectivity index is 1.75. The highest BCUT2D eigenvalue weighted by atomic mass is 16.5. The Morgan fingerprint density at radius 2 is 2.08 bits per heavy atom. The number of hydrogen-bond acceptors (Lipinski definition) is 6. The molecule has 0 fully saturated rings. The Kier molecular flexibility index (Phi) is 5.04. The van der Waals surface area contributed by atoms with Crippen molar-refractivity contribution in [2.75, 3.05) is 20.3 Å². The van der Waals surface area contributed by atoms with Crippen molar-refractivity contribution in [3.8, 4) is 11.5 Å². The maximum absolute atomic E-state index is 5.88. The van der Waals surface area contributed by atoms with Crippen LogP contribution in [0.4, 0.5) is 0 Å². The third-order valence-electron chi connectivity index (χ3n) is 4.25. The summed E-state index contributed by atoms with van der Waals surface area (Å²) in [5, 5.41) is 8.41. The van der Waals surface area contributed by atoms with Crippen LogP contribution >= 0.6 is 0 Å². The van der Waals surface area contributed by atoms with Gasteiger partial charge in [0, 0.05) is 31.1 Å². The molecule has 2 heterocycles. The normalized spacial score (nSPS) is 16.4. The van der Waals surface area contributed by atoms with Crippen LogP contribution in [0.25, 0.3) is 0 Å². The van der Waals surface area contributed by atoms with E-state index in [1.807, 2.05) is 12.1 Å². The minimum atomic E-state index is 0.0510. The lowest BCUT2D eigenvalue weighted by atomic mass is 10.1. The highest BCUT2D eigenvalue weighted by Gasteiger charge is 2.25. The van der Waals surface area contributed by atoms with Crippen LogP contribution in [0.2, 0.25) is 0 Å². The van der Waals surface area contributed by atoms with Crippen molar-refractivity contribution in [2.24, 2.45) is 5.92 Å². The summed E-state index contributed by atoms with van der Waals surface area (Å²) in [6.45, 7) is 8.59. The van der Waals surface area contributed by atoms with Crippen molar-refractivity contribution in [1.82, 2.24) is 15.1 Å². The van der Waals surface area contributed by atoms with Gasteiger partial charge < -0.3 is 13.9 Å². The third-order valence-corrected chi connectivity index (χ3v) is 4.25. The molecule has 6 nitrogen and oxygen atoms in total. The summed E-state index contributed by atoms with van der Waals surface area (Å²) >= 11 is 0. The molecule has 1 aliphatic heterocycles. The van der Waals surface area contributed by atoms with Gasteiger partial charge in [0.2, 0.25) is 11.8 Å². The first-order valence-electron chi connectivity index (χ1n) is 8.43. The molecule has 1 unspecified atom stereocenters. The van der Waals surface area contributed by atoms with Crippen LogP contribution in [0, 0.1) is 5.92 Å². The van der Waals surface area contributed by atoms with Crippen LogP contribution in [0.5, 0.6) is 11.5 Å². The SMILES string of the molecule is COc1ccc2c(c1)OCCN(C(C)c1nnc(CC(C)C)o1)C2. The molecular weight excluding hydrogens is 306 g/mol. The molecule has 24 heavy (non-hydrogen) atoms. The van der Waals surface area contributed by atoms with Crippen LogP contribution in [0.1, 0.15) is 44.2 Å². The number of hydrogen-bond donors (Lipinski definition) is 0. The number of fused-ring (bicyclic) bond motifs is 1. The number of methoxy groups -OCH3 is 1. The summed E-state index contributed by atoms with van der Waals surface area (Å²) in [7, 11) is 1.66. The Hall–Kier alpha value is -2.08. The molecule has 3 rings (SSSR count). The molecule has 0 aliphatic carbocycles. The van der Waals surface area contributed by atoms with E-state index in [1.54, 1.807) is 7.11 Å². The summed E-state index contributed by atoms with van der Waals surface area (Å²) < 4.78 is 17.0. The van der Waals surface area contributed by atoms with E-state index in [0.717, 1.165) is 36.6 Å². The quantitative estimate of drug-likeness (QED) is 0.838. The lowest BCUT2D eigenvalue weighted by Gasteiger charge is -2.24. The molecule has 0 amide bonds. The van der Waals surface area contributed by atoms with Crippen LogP contribution in [-0.2, 0) is 13.0 Å². The molecule has 0 N–H and O–H groups in total. The number of nitrogens with zero attached hydrogens (tertiary/aromatic N) is 3. The van der Waals surface area contributed by atoms with E-state index in [0.29, 0.717) is 24.3 Å². The summed E-state index contributed by atoms with van der Waals surface area (Å²) in [4.78, 5) is 2.30. The Labute approximate surface area is 142 Å². The smallest absolute Gasteiger partial charge is 0.233 e. The molecule has 1 aromatic carbocycles. The van der Waals surface area contributed by atoms with Gasteiger partial charge in [-0.05, 0) is 18.9 Å². The second-order valence-corrected chi connectivity index (χ2v) is 6.60. The second-order valence-electron chi connectivity index (χ2n) is 6.60. The molecule has 0 bridgehead atoms. The number of benzene rings is 1. The first-order chi connectivity index (χ1) is 11.6. The van der Waals surface area contributed by atoms with Gasteiger partial charge in [-0.1, -0.05) is 19.9 Å². The van der Waals surface area contributed by atoms with Crippen LogP contribution in [-0.4, -0.2) is 35.4 Å². The average molecular weight is 331 g/mol. The second kappa shape index (κ2) is 7.21. The highest BCUT2D eigenvalue weighted by molar-refractivity contribution is 5.41. The predicted octanol–water partition coefficient (Wildman–Crippen LogP) is 3.23. The van der Waals surface area contributed by atoms with E-state index in [-0.39, 0.29) is 6.04 Å². The first kappa shape index (κ1) is 16.8. The molecule has 1 aromatic heterocycles. The van der Waals surface area contributed by atoms with Gasteiger partial charge in [-0.25, -0.2) is 0 Å². The number of aromatic nitrogens is 2. The maximum atomic E-state index is 5.88. The van der Waals surface area contributed by atoms with E-state index in [9.17, 15) is 0 Å². The van der Waals surface area contributed by atoms with Gasteiger partial charge in [0.1, 0.15) is 18.1 Å². The summed E-state index contributed by atoms with van der Waals surface area (Å²) in [5.41, 5.74) is 1.14. The zero-order valence-electron chi connectivity index (χ0n) is 14.8. The zero-order valence-corrected chi connectivity index (χ0v) is 14.8. The molecule has 1 aliphatic rings. The molecule has 1 atom stereocenters. The molecule has 2 aromatic rings. The largest absolute Gasteiger partial charge is 0.497 e. The van der Waals surface area contributed by atoms with Crippen molar-refractivity contribution < 1.29 is 13.9 Å². The van der Waals surface area contributed by atoms with Gasteiger partial charge >= 0.3 is 0 Å². The third kappa shape index (κ3) is 3.70. The van der Waals surface area contributed by atoms with E-state index < -0.39 is 0 Å². The van der Waals surface area contributed by atoms with Crippen LogP contribution in [0.15, 0.2) is 22.6 Å². The van der Waals surface area contributed by atoms with Crippen LogP contribution in [0.3, 0.4) is 0 Å². The Bertz CT molecular complexity index is 684. The molecule has 0 saturated heterocycles. The van der Waals surface area contributed by atoms with E-state index in [4.69, 9.17) is 13.9 Å². The minimum Gasteiger partial charge on any atom is -0.497 e. The van der Waals surface area contributed by atoms with Crippen LogP contribution < -0.4 is 9.47 Å². The molecular formula is C18H25N3O3. The Morgan fingerprint density at radius 3 is 2.83 bits per heavy atom. The van der Waals surface area contributed by atoms with Crippen molar-refractivity contribution >= 4 is 0 Å². The van der Waals surface area contributed by atoms with Gasteiger partial charge in [-0.2, -0.15) is 0 Å². The van der Waals surface area contributed by atoms with Gasteiger partial charge in [0.25, 0.3) is 0 Å². The predicted molar refractivity (Wildman–Crippen MR) is 90.2 cm³/mol. The fourth-order valence-electron chi connectivity index (χ4n) is 2.85. The number of ether oxygens (including phenoxy) is 2. The summed E-state index contributed by atoms with van der Waals surface area (Å²) in [5.74, 6) is 3.58. The summed E-state index contributed by atoms with van der Waals surface area (Å²) in [6, 6.07) is 6.01. The standard InChI is InChI=1S/C18H25N3O3/c1-12(2)9-17-19-20-18(24-17)13(3)21-7-8-23-16-10-15(22-4)6-5-14(16)11-21/h5-6,10,12-13H,7-9,11H2,1-4H3. The average Bonchev–Trinajstić information content (AvgIpc) is 2.91. The number of rotatable bonds is 5. The Morgan fingerprint density at radius 1 is 1.25 bits per heavy atom. The molecule has 0 spiro atoms. The monoisotopic (exact) mass is 331 g/mol. The topological polar surface area (TPSA) is 60.6 Å². The highest BCUT2D eigenvalue weighted by Crippen LogP contribution is 2.31. The fraction of sp³-hybridized carbons (Fsp3) is 0.556. The first-order valence-corrected chi connectivity index (χ1v) is 8.43. The van der Waals surface area contributed by atoms with Gasteiger partial charge in [-0.3, -0.25) is 4.90 Å².